The second-order valence-corrected chi connectivity index (χ2v) is 5.24. The summed E-state index contributed by atoms with van der Waals surface area (Å²) in [6.45, 7) is 4.21. The summed E-state index contributed by atoms with van der Waals surface area (Å²) in [5, 5.41) is 5.66. The van der Waals surface area contributed by atoms with Gasteiger partial charge >= 0.3 is 0 Å². The lowest BCUT2D eigenvalue weighted by molar-refractivity contribution is -0.116. The molecule has 2 aromatic carbocycles. The van der Waals surface area contributed by atoms with Crippen LogP contribution in [0.25, 0.3) is 6.08 Å². The summed E-state index contributed by atoms with van der Waals surface area (Å²) in [6.07, 6.45) is 4.75. The maximum absolute atomic E-state index is 12.8. The van der Waals surface area contributed by atoms with E-state index < -0.39 is 0 Å². The third-order valence-corrected chi connectivity index (χ3v) is 3.37. The molecule has 0 aliphatic heterocycles. The topological polar surface area (TPSA) is 59.6 Å². The van der Waals surface area contributed by atoms with Gasteiger partial charge in [-0.2, -0.15) is 0 Å². The van der Waals surface area contributed by atoms with Crippen LogP contribution in [0.3, 0.4) is 0 Å². The Kier molecular flexibility index (Phi) is 7.24. The highest BCUT2D eigenvalue weighted by atomic mass is 19.1. The minimum absolute atomic E-state index is 0.229. The first-order chi connectivity index (χ1) is 12.6. The number of methoxy groups -OCH3 is 1. The Morgan fingerprint density at radius 2 is 1.96 bits per heavy atom. The lowest BCUT2D eigenvalue weighted by atomic mass is 10.2. The van der Waals surface area contributed by atoms with Gasteiger partial charge in [-0.3, -0.25) is 4.79 Å². The van der Waals surface area contributed by atoms with Crippen LogP contribution in [0.1, 0.15) is 5.56 Å². The van der Waals surface area contributed by atoms with Crippen LogP contribution in [0.4, 0.5) is 10.1 Å². The average molecular weight is 356 g/mol. The molecule has 0 heterocycles. The van der Waals surface area contributed by atoms with Crippen molar-refractivity contribution in [3.63, 3.8) is 0 Å². The zero-order chi connectivity index (χ0) is 18.8. The van der Waals surface area contributed by atoms with Gasteiger partial charge in [-0.25, -0.2) is 4.39 Å². The van der Waals surface area contributed by atoms with E-state index in [1.54, 1.807) is 43.5 Å². The molecule has 1 amide bonds. The molecule has 2 N–H and O–H groups in total. The van der Waals surface area contributed by atoms with Gasteiger partial charge in [-0.15, -0.1) is 0 Å². The predicted molar refractivity (Wildman–Crippen MR) is 101 cm³/mol. The van der Waals surface area contributed by atoms with Crippen molar-refractivity contribution in [1.29, 1.82) is 0 Å². The highest BCUT2D eigenvalue weighted by Crippen LogP contribution is 2.28. The van der Waals surface area contributed by atoms with E-state index in [9.17, 15) is 9.18 Å². The zero-order valence-corrected chi connectivity index (χ0v) is 14.5. The third kappa shape index (κ3) is 5.98. The highest BCUT2D eigenvalue weighted by molar-refractivity contribution is 5.91. The molecule has 0 aromatic heterocycles. The first-order valence-electron chi connectivity index (χ1n) is 7.99. The molecule has 2 rings (SSSR count). The van der Waals surface area contributed by atoms with Gasteiger partial charge in [-0.1, -0.05) is 18.7 Å². The van der Waals surface area contributed by atoms with E-state index in [1.165, 1.54) is 18.2 Å². The van der Waals surface area contributed by atoms with Crippen LogP contribution in [-0.4, -0.2) is 26.3 Å². The number of carbonyl (C=O) groups is 1. The number of ether oxygens (including phenoxy) is 2. The quantitative estimate of drug-likeness (QED) is 0.409. The SMILES string of the molecule is C=CCOc1ccc(C=CC(=O)NCNc2ccc(F)cc2)cc1OC. The molecule has 0 spiro atoms. The van der Waals surface area contributed by atoms with Crippen molar-refractivity contribution in [2.75, 3.05) is 25.7 Å². The van der Waals surface area contributed by atoms with Gasteiger partial charge < -0.3 is 20.1 Å². The Bertz CT molecular complexity index is 773. The zero-order valence-electron chi connectivity index (χ0n) is 14.5. The van der Waals surface area contributed by atoms with E-state index in [0.717, 1.165) is 11.3 Å². The molecule has 0 saturated heterocycles. The third-order valence-electron chi connectivity index (χ3n) is 3.37. The Labute approximate surface area is 152 Å². The van der Waals surface area contributed by atoms with Gasteiger partial charge in [0, 0.05) is 11.8 Å². The van der Waals surface area contributed by atoms with E-state index in [-0.39, 0.29) is 18.4 Å². The van der Waals surface area contributed by atoms with Gasteiger partial charge in [-0.05, 0) is 48.0 Å². The summed E-state index contributed by atoms with van der Waals surface area (Å²) < 4.78 is 23.6. The molecule has 0 fully saturated rings. The first-order valence-corrected chi connectivity index (χ1v) is 7.99. The van der Waals surface area contributed by atoms with Crippen molar-refractivity contribution < 1.29 is 18.7 Å². The molecule has 0 saturated carbocycles. The molecule has 0 aliphatic rings. The van der Waals surface area contributed by atoms with E-state index in [2.05, 4.69) is 17.2 Å². The fourth-order valence-electron chi connectivity index (χ4n) is 2.09. The van der Waals surface area contributed by atoms with Gasteiger partial charge in [0.1, 0.15) is 12.4 Å². The fourth-order valence-corrected chi connectivity index (χ4v) is 2.09. The summed E-state index contributed by atoms with van der Waals surface area (Å²) in [6, 6.07) is 11.3. The molecule has 0 atom stereocenters. The molecule has 0 unspecified atom stereocenters. The second kappa shape index (κ2) is 9.88. The van der Waals surface area contributed by atoms with Gasteiger partial charge in [0.05, 0.1) is 13.8 Å². The van der Waals surface area contributed by atoms with Gasteiger partial charge in [0.2, 0.25) is 5.91 Å². The summed E-state index contributed by atoms with van der Waals surface area (Å²) in [4.78, 5) is 11.9. The Balaban J connectivity index is 1.86. The maximum atomic E-state index is 12.8. The summed E-state index contributed by atoms with van der Waals surface area (Å²) in [7, 11) is 1.55. The van der Waals surface area contributed by atoms with Crippen LogP contribution in [0.15, 0.2) is 61.2 Å². The highest BCUT2D eigenvalue weighted by Gasteiger charge is 2.04. The normalized spacial score (nSPS) is 10.4. The number of carbonyl (C=O) groups excluding carboxylic acids is 1. The maximum Gasteiger partial charge on any atom is 0.245 e. The van der Waals surface area contributed by atoms with Crippen molar-refractivity contribution in [2.45, 2.75) is 0 Å². The Morgan fingerprint density at radius 1 is 1.19 bits per heavy atom. The first kappa shape index (κ1) is 19.1. The van der Waals surface area contributed by atoms with Crippen molar-refractivity contribution in [2.24, 2.45) is 0 Å². The number of nitrogens with one attached hydrogen (secondary N) is 2. The van der Waals surface area contributed by atoms with E-state index >= 15 is 0 Å². The Hall–Kier alpha value is -3.28. The van der Waals surface area contributed by atoms with Crippen molar-refractivity contribution in [3.8, 4) is 11.5 Å². The van der Waals surface area contributed by atoms with Crippen molar-refractivity contribution in [3.05, 3.63) is 72.6 Å². The van der Waals surface area contributed by atoms with Crippen LogP contribution < -0.4 is 20.1 Å². The monoisotopic (exact) mass is 356 g/mol. The standard InChI is InChI=1S/C20H21FN2O3/c1-3-12-26-18-10-4-15(13-19(18)25-2)5-11-20(24)23-14-22-17-8-6-16(21)7-9-17/h3-11,13,22H,1,12,14H2,2H3,(H,23,24). The molecule has 5 nitrogen and oxygen atoms in total. The molecular weight excluding hydrogens is 335 g/mol. The predicted octanol–water partition coefficient (Wildman–Crippen LogP) is 3.60. The second-order valence-electron chi connectivity index (χ2n) is 5.24. The van der Waals surface area contributed by atoms with Gasteiger partial charge in [0.25, 0.3) is 0 Å². The minimum atomic E-state index is -0.307. The van der Waals surface area contributed by atoms with Crippen LogP contribution in [0.5, 0.6) is 11.5 Å². The minimum Gasteiger partial charge on any atom is -0.493 e. The summed E-state index contributed by atoms with van der Waals surface area (Å²) in [5.41, 5.74) is 1.52. The number of halogens is 1. The van der Waals surface area contributed by atoms with Crippen LogP contribution in [0, 0.1) is 5.82 Å². The Morgan fingerprint density at radius 3 is 2.65 bits per heavy atom. The molecule has 2 aromatic rings. The number of hydrogen-bond donors (Lipinski definition) is 2. The van der Waals surface area contributed by atoms with E-state index in [1.807, 2.05) is 6.07 Å². The summed E-state index contributed by atoms with van der Waals surface area (Å²) in [5.74, 6) is 0.620. The number of rotatable bonds is 9. The fraction of sp³-hybridized carbons (Fsp3) is 0.150. The average Bonchev–Trinajstić information content (AvgIpc) is 2.66. The number of amides is 1. The van der Waals surface area contributed by atoms with Crippen LogP contribution in [-0.2, 0) is 4.79 Å². The smallest absolute Gasteiger partial charge is 0.245 e. The number of anilines is 1. The molecule has 0 aliphatic carbocycles. The van der Waals surface area contributed by atoms with Crippen LogP contribution in [0.2, 0.25) is 0 Å². The van der Waals surface area contributed by atoms with Crippen LogP contribution >= 0.6 is 0 Å². The van der Waals surface area contributed by atoms with Crippen molar-refractivity contribution in [1.82, 2.24) is 5.32 Å². The molecule has 26 heavy (non-hydrogen) atoms. The lowest BCUT2D eigenvalue weighted by Gasteiger charge is -2.09. The molecule has 0 radical (unpaired) electrons. The van der Waals surface area contributed by atoms with Gasteiger partial charge in [0.15, 0.2) is 11.5 Å². The largest absolute Gasteiger partial charge is 0.493 e. The van der Waals surface area contributed by atoms with E-state index in [0.29, 0.717) is 18.1 Å². The summed E-state index contributed by atoms with van der Waals surface area (Å²) >= 11 is 0. The molecule has 6 heteroatoms. The lowest BCUT2D eigenvalue weighted by Crippen LogP contribution is -2.27. The molecule has 136 valence electrons. The van der Waals surface area contributed by atoms with E-state index in [4.69, 9.17) is 9.47 Å². The van der Waals surface area contributed by atoms with Crippen molar-refractivity contribution >= 4 is 17.7 Å². The number of benzene rings is 2. The molecule has 0 bridgehead atoms. The molecular formula is C20H21FN2O3. The number of hydrogen-bond acceptors (Lipinski definition) is 4.